The highest BCUT2D eigenvalue weighted by Crippen LogP contribution is 2.19. The maximum Gasteiger partial charge on any atom is 0.253 e. The molecular formula is C29H34FN5O3. The largest absolute Gasteiger partial charge is 0.378 e. The van der Waals surface area contributed by atoms with Gasteiger partial charge in [0.15, 0.2) is 5.78 Å². The van der Waals surface area contributed by atoms with Gasteiger partial charge in [-0.2, -0.15) is 0 Å². The highest BCUT2D eigenvalue weighted by molar-refractivity contribution is 6.01. The van der Waals surface area contributed by atoms with E-state index < -0.39 is 5.91 Å². The Morgan fingerprint density at radius 2 is 1.58 bits per heavy atom. The number of aryl methyl sites for hydroxylation is 1. The average molecular weight is 520 g/mol. The minimum atomic E-state index is -0.581. The fraction of sp³-hybridized carbons (Fsp3) is 0.345. The first kappa shape index (κ1) is 27.1. The van der Waals surface area contributed by atoms with E-state index in [0.29, 0.717) is 61.7 Å². The highest BCUT2D eigenvalue weighted by atomic mass is 19.1. The van der Waals surface area contributed by atoms with Crippen molar-refractivity contribution in [3.8, 4) is 0 Å². The number of ketones is 1. The number of benzene rings is 2. The Morgan fingerprint density at radius 1 is 0.947 bits per heavy atom. The van der Waals surface area contributed by atoms with E-state index in [1.807, 2.05) is 57.6 Å². The molecule has 1 aliphatic heterocycles. The van der Waals surface area contributed by atoms with Gasteiger partial charge in [-0.05, 0) is 61.4 Å². The van der Waals surface area contributed by atoms with Crippen LogP contribution in [-0.2, 0) is 13.0 Å². The monoisotopic (exact) mass is 519 g/mol. The van der Waals surface area contributed by atoms with Crippen LogP contribution in [0.5, 0.6) is 0 Å². The Kier molecular flexibility index (Phi) is 8.26. The van der Waals surface area contributed by atoms with Crippen molar-refractivity contribution < 1.29 is 18.8 Å². The molecule has 0 aliphatic carbocycles. The first-order valence-corrected chi connectivity index (χ1v) is 12.7. The topological polar surface area (TPSA) is 91.9 Å². The van der Waals surface area contributed by atoms with Crippen molar-refractivity contribution >= 4 is 23.3 Å². The van der Waals surface area contributed by atoms with Crippen molar-refractivity contribution in [2.45, 2.75) is 19.9 Å². The molecule has 1 aromatic heterocycles. The van der Waals surface area contributed by atoms with Gasteiger partial charge in [0.25, 0.3) is 11.8 Å². The van der Waals surface area contributed by atoms with Gasteiger partial charge in [0, 0.05) is 63.8 Å². The number of rotatable bonds is 9. The van der Waals surface area contributed by atoms with Crippen LogP contribution >= 0.6 is 0 Å². The molecule has 0 spiro atoms. The van der Waals surface area contributed by atoms with E-state index in [1.165, 1.54) is 12.1 Å². The highest BCUT2D eigenvalue weighted by Gasteiger charge is 2.26. The van der Waals surface area contributed by atoms with Crippen LogP contribution in [0.3, 0.4) is 0 Å². The first-order chi connectivity index (χ1) is 18.1. The molecule has 0 bridgehead atoms. The molecule has 0 atom stereocenters. The molecule has 9 heteroatoms. The number of hydrogen-bond donors (Lipinski definition) is 1. The zero-order chi connectivity index (χ0) is 27.4. The van der Waals surface area contributed by atoms with Crippen molar-refractivity contribution in [1.29, 1.82) is 0 Å². The van der Waals surface area contributed by atoms with Gasteiger partial charge in [-0.1, -0.05) is 12.1 Å². The van der Waals surface area contributed by atoms with Crippen LogP contribution in [0.25, 0.3) is 0 Å². The summed E-state index contributed by atoms with van der Waals surface area (Å²) >= 11 is 0. The number of anilines is 1. The number of halogens is 1. The van der Waals surface area contributed by atoms with E-state index in [4.69, 9.17) is 5.73 Å². The smallest absolute Gasteiger partial charge is 0.253 e. The molecule has 38 heavy (non-hydrogen) atoms. The quantitative estimate of drug-likeness (QED) is 0.439. The minimum Gasteiger partial charge on any atom is -0.378 e. The van der Waals surface area contributed by atoms with Crippen molar-refractivity contribution in [2.24, 2.45) is 5.73 Å². The van der Waals surface area contributed by atoms with Crippen LogP contribution in [0.15, 0.2) is 54.6 Å². The summed E-state index contributed by atoms with van der Waals surface area (Å²) in [6, 6.07) is 15.3. The number of carbonyl (C=O) groups excluding carboxylic acids is 3. The summed E-state index contributed by atoms with van der Waals surface area (Å²) in [6.45, 7) is 4.61. The number of nitrogens with zero attached hydrogens (tertiary/aromatic N) is 4. The van der Waals surface area contributed by atoms with E-state index in [0.717, 1.165) is 11.3 Å². The maximum atomic E-state index is 13.4. The van der Waals surface area contributed by atoms with Gasteiger partial charge in [0.05, 0.1) is 17.8 Å². The lowest BCUT2D eigenvalue weighted by Crippen LogP contribution is -2.50. The lowest BCUT2D eigenvalue weighted by atomic mass is 10.1. The van der Waals surface area contributed by atoms with Gasteiger partial charge in [0.1, 0.15) is 5.82 Å². The van der Waals surface area contributed by atoms with Crippen molar-refractivity contribution in [1.82, 2.24) is 14.4 Å². The lowest BCUT2D eigenvalue weighted by Gasteiger charge is -2.34. The number of aromatic nitrogens is 1. The molecule has 3 aromatic rings. The van der Waals surface area contributed by atoms with Crippen molar-refractivity contribution in [2.75, 3.05) is 51.7 Å². The number of carbonyl (C=O) groups is 3. The molecule has 1 saturated heterocycles. The Morgan fingerprint density at radius 3 is 2.16 bits per heavy atom. The Hall–Kier alpha value is -3.98. The summed E-state index contributed by atoms with van der Waals surface area (Å²) < 4.78 is 15.1. The van der Waals surface area contributed by atoms with Crippen LogP contribution in [0.2, 0.25) is 0 Å². The first-order valence-electron chi connectivity index (χ1n) is 12.7. The van der Waals surface area contributed by atoms with Gasteiger partial charge < -0.3 is 20.1 Å². The van der Waals surface area contributed by atoms with E-state index in [-0.39, 0.29) is 24.1 Å². The molecule has 2 amide bonds. The molecule has 0 unspecified atom stereocenters. The molecule has 0 saturated carbocycles. The number of hydrogen-bond acceptors (Lipinski definition) is 5. The standard InChI is InChI=1S/C29H34FN5O3/c1-20-25(28(31)37)18-26(35(20)13-12-21-4-8-23(30)9-5-21)27(36)19-33-14-16-34(17-15-33)29(38)22-6-10-24(11-7-22)32(2)3/h4-11,18H,12-17,19H2,1-3H3,(H2,31,37). The van der Waals surface area contributed by atoms with Crippen molar-refractivity contribution in [3.05, 3.63) is 88.5 Å². The molecule has 1 fully saturated rings. The van der Waals surface area contributed by atoms with Crippen molar-refractivity contribution in [3.63, 3.8) is 0 Å². The van der Waals surface area contributed by atoms with Crippen LogP contribution < -0.4 is 10.6 Å². The molecule has 4 rings (SSSR count). The lowest BCUT2D eigenvalue weighted by molar-refractivity contribution is 0.0623. The number of nitrogens with two attached hydrogens (primary N) is 1. The molecule has 0 radical (unpaired) electrons. The number of amides is 2. The van der Waals surface area contributed by atoms with Crippen LogP contribution in [0, 0.1) is 12.7 Å². The van der Waals surface area contributed by atoms with Gasteiger partial charge in [0.2, 0.25) is 0 Å². The predicted molar refractivity (Wildman–Crippen MR) is 145 cm³/mol. The van der Waals surface area contributed by atoms with E-state index in [2.05, 4.69) is 0 Å². The van der Waals surface area contributed by atoms with Crippen LogP contribution in [-0.4, -0.2) is 78.8 Å². The summed E-state index contributed by atoms with van der Waals surface area (Å²) in [7, 11) is 3.91. The predicted octanol–water partition coefficient (Wildman–Crippen LogP) is 2.98. The van der Waals surface area contributed by atoms with Gasteiger partial charge in [-0.15, -0.1) is 0 Å². The average Bonchev–Trinajstić information content (AvgIpc) is 3.25. The molecular weight excluding hydrogens is 485 g/mol. The second-order valence-electron chi connectivity index (χ2n) is 9.85. The molecule has 2 aromatic carbocycles. The fourth-order valence-electron chi connectivity index (χ4n) is 4.78. The van der Waals surface area contributed by atoms with Gasteiger partial charge in [-0.25, -0.2) is 4.39 Å². The molecule has 8 nitrogen and oxygen atoms in total. The van der Waals surface area contributed by atoms with E-state index in [1.54, 1.807) is 25.1 Å². The van der Waals surface area contributed by atoms with Gasteiger partial charge in [-0.3, -0.25) is 19.3 Å². The zero-order valence-electron chi connectivity index (χ0n) is 22.1. The zero-order valence-corrected chi connectivity index (χ0v) is 22.1. The normalized spacial score (nSPS) is 13.9. The SMILES string of the molecule is Cc1c(C(N)=O)cc(C(=O)CN2CCN(C(=O)c3ccc(N(C)C)cc3)CC2)n1CCc1ccc(F)cc1. The Bertz CT molecular complexity index is 1310. The molecule has 200 valence electrons. The maximum absolute atomic E-state index is 13.4. The summed E-state index contributed by atoms with van der Waals surface area (Å²) in [6.07, 6.45) is 0.574. The summed E-state index contributed by atoms with van der Waals surface area (Å²) in [4.78, 5) is 44.1. The number of primary amides is 1. The Balaban J connectivity index is 1.39. The second-order valence-corrected chi connectivity index (χ2v) is 9.85. The number of piperazine rings is 1. The summed E-state index contributed by atoms with van der Waals surface area (Å²) in [5, 5.41) is 0. The Labute approximate surface area is 222 Å². The molecule has 2 heterocycles. The van der Waals surface area contributed by atoms with Crippen LogP contribution in [0.4, 0.5) is 10.1 Å². The van der Waals surface area contributed by atoms with E-state index >= 15 is 0 Å². The van der Waals surface area contributed by atoms with E-state index in [9.17, 15) is 18.8 Å². The molecule has 1 aliphatic rings. The van der Waals surface area contributed by atoms with Crippen LogP contribution in [0.1, 0.15) is 42.5 Å². The second kappa shape index (κ2) is 11.6. The minimum absolute atomic E-state index is 0.0160. The third-order valence-electron chi connectivity index (χ3n) is 7.11. The third kappa shape index (κ3) is 6.11. The molecule has 2 N–H and O–H groups in total. The summed E-state index contributed by atoms with van der Waals surface area (Å²) in [5.74, 6) is -1.01. The fourth-order valence-corrected chi connectivity index (χ4v) is 4.78. The third-order valence-corrected chi connectivity index (χ3v) is 7.11. The summed E-state index contributed by atoms with van der Waals surface area (Å²) in [5.41, 5.74) is 9.56. The van der Waals surface area contributed by atoms with Gasteiger partial charge >= 0.3 is 0 Å². The number of Topliss-reactive ketones (excluding diaryl/α,β-unsaturated/α-hetero) is 1.